The van der Waals surface area contributed by atoms with Gasteiger partial charge in [-0.2, -0.15) is 0 Å². The molecule has 1 aliphatic rings. The number of nitrogens with one attached hydrogen (secondary N) is 2. The SMILES string of the molecule is O=C(NS(=O)(=O)c1cccnc1)c1ccc(-c2ccc(CCNC[C@H](O)c3cccnc3)cc2)cc1OC1CCCCC1. The van der Waals surface area contributed by atoms with Gasteiger partial charge in [0.05, 0.1) is 17.8 Å². The van der Waals surface area contributed by atoms with Crippen molar-refractivity contribution in [3.63, 3.8) is 0 Å². The maximum Gasteiger partial charge on any atom is 0.268 e. The molecule has 3 N–H and O–H groups in total. The van der Waals surface area contributed by atoms with Gasteiger partial charge in [0.25, 0.3) is 15.9 Å². The molecule has 0 aliphatic heterocycles. The van der Waals surface area contributed by atoms with Crippen molar-refractivity contribution in [3.8, 4) is 16.9 Å². The molecule has 1 aliphatic carbocycles. The van der Waals surface area contributed by atoms with Gasteiger partial charge in [0.2, 0.25) is 0 Å². The first-order chi connectivity index (χ1) is 20.9. The molecule has 9 nitrogen and oxygen atoms in total. The van der Waals surface area contributed by atoms with Crippen LogP contribution in [0.15, 0.2) is 96.4 Å². The number of ether oxygens (including phenoxy) is 1. The summed E-state index contributed by atoms with van der Waals surface area (Å²) in [6.07, 6.45) is 11.2. The summed E-state index contributed by atoms with van der Waals surface area (Å²) in [5.41, 5.74) is 3.90. The molecule has 0 bridgehead atoms. The van der Waals surface area contributed by atoms with E-state index < -0.39 is 22.0 Å². The van der Waals surface area contributed by atoms with Crippen LogP contribution in [0, 0.1) is 0 Å². The second-order valence-corrected chi connectivity index (χ2v) is 12.3. The van der Waals surface area contributed by atoms with Crippen LogP contribution in [0.3, 0.4) is 0 Å². The Morgan fingerprint density at radius 2 is 1.65 bits per heavy atom. The van der Waals surface area contributed by atoms with Crippen molar-refractivity contribution >= 4 is 15.9 Å². The molecule has 4 aromatic rings. The van der Waals surface area contributed by atoms with Gasteiger partial charge in [0.15, 0.2) is 0 Å². The number of aliphatic hydroxyl groups is 1. The Morgan fingerprint density at radius 1 is 0.930 bits per heavy atom. The Hall–Kier alpha value is -4.12. The average Bonchev–Trinajstić information content (AvgIpc) is 3.04. The number of rotatable bonds is 12. The molecule has 0 spiro atoms. The summed E-state index contributed by atoms with van der Waals surface area (Å²) in [5, 5.41) is 13.6. The monoisotopic (exact) mass is 600 g/mol. The van der Waals surface area contributed by atoms with Crippen molar-refractivity contribution < 1.29 is 23.1 Å². The van der Waals surface area contributed by atoms with Crippen LogP contribution in [0.5, 0.6) is 5.75 Å². The van der Waals surface area contributed by atoms with Crippen molar-refractivity contribution in [2.45, 2.75) is 55.6 Å². The summed E-state index contributed by atoms with van der Waals surface area (Å²) >= 11 is 0. The topological polar surface area (TPSA) is 131 Å². The normalized spacial score (nSPS) is 14.6. The average molecular weight is 601 g/mol. The minimum absolute atomic E-state index is 0.0305. The summed E-state index contributed by atoms with van der Waals surface area (Å²) in [6.45, 7) is 1.15. The minimum atomic E-state index is -4.09. The highest BCUT2D eigenvalue weighted by Gasteiger charge is 2.24. The summed E-state index contributed by atoms with van der Waals surface area (Å²) in [5.74, 6) is -0.388. The molecule has 224 valence electrons. The smallest absolute Gasteiger partial charge is 0.268 e. The largest absolute Gasteiger partial charge is 0.490 e. The number of pyridine rings is 2. The molecule has 1 amide bonds. The lowest BCUT2D eigenvalue weighted by molar-refractivity contribution is 0.0969. The van der Waals surface area contributed by atoms with Gasteiger partial charge in [-0.15, -0.1) is 0 Å². The van der Waals surface area contributed by atoms with Gasteiger partial charge < -0.3 is 15.2 Å². The summed E-state index contributed by atoms with van der Waals surface area (Å²) < 4.78 is 34.1. The van der Waals surface area contributed by atoms with Crippen LogP contribution in [0.1, 0.15) is 59.7 Å². The summed E-state index contributed by atoms with van der Waals surface area (Å²) in [6, 6.07) is 19.9. The number of nitrogens with zero attached hydrogens (tertiary/aromatic N) is 2. The van der Waals surface area contributed by atoms with E-state index in [4.69, 9.17) is 4.74 Å². The third kappa shape index (κ3) is 8.25. The molecule has 1 atom stereocenters. The molecule has 10 heteroatoms. The molecule has 0 saturated heterocycles. The zero-order valence-electron chi connectivity index (χ0n) is 23.9. The first-order valence-corrected chi connectivity index (χ1v) is 16.0. The Morgan fingerprint density at radius 3 is 2.35 bits per heavy atom. The number of carbonyl (C=O) groups is 1. The summed E-state index contributed by atoms with van der Waals surface area (Å²) in [4.78, 5) is 21.0. The number of hydrogen-bond acceptors (Lipinski definition) is 8. The molecule has 2 aromatic carbocycles. The number of carbonyl (C=O) groups excluding carboxylic acids is 1. The third-order valence-electron chi connectivity index (χ3n) is 7.53. The van der Waals surface area contributed by atoms with Crippen molar-refractivity contribution in [3.05, 3.63) is 108 Å². The van der Waals surface area contributed by atoms with E-state index in [1.54, 1.807) is 24.5 Å². The van der Waals surface area contributed by atoms with Crippen molar-refractivity contribution in [1.82, 2.24) is 20.0 Å². The van der Waals surface area contributed by atoms with Crippen LogP contribution in [0.2, 0.25) is 0 Å². The van der Waals surface area contributed by atoms with Gasteiger partial charge in [-0.25, -0.2) is 13.1 Å². The molecular weight excluding hydrogens is 564 g/mol. The van der Waals surface area contributed by atoms with E-state index in [9.17, 15) is 18.3 Å². The zero-order valence-corrected chi connectivity index (χ0v) is 24.7. The molecule has 0 radical (unpaired) electrons. The van der Waals surface area contributed by atoms with Crippen molar-refractivity contribution in [1.29, 1.82) is 0 Å². The van der Waals surface area contributed by atoms with Crippen molar-refractivity contribution in [2.75, 3.05) is 13.1 Å². The van der Waals surface area contributed by atoms with Gasteiger partial charge in [0, 0.05) is 36.9 Å². The molecular formula is C33H36N4O5S. The van der Waals surface area contributed by atoms with Crippen LogP contribution < -0.4 is 14.8 Å². The maximum absolute atomic E-state index is 13.2. The molecule has 1 fully saturated rings. The van der Waals surface area contributed by atoms with Crippen LogP contribution in [0.25, 0.3) is 11.1 Å². The standard InChI is InChI=1S/C33H36N4O5S/c38-31(27-6-4-17-34-21-27)23-36-19-16-24-10-12-25(13-11-24)26-14-15-30(32(20-26)42-28-7-2-1-3-8-28)33(39)37-43(40,41)29-9-5-18-35-22-29/h4-6,9-15,17-18,20-22,28,31,36,38H,1-3,7-8,16,19,23H2,(H,37,39)/t31-/m0/s1. The number of hydrogen-bond donors (Lipinski definition) is 3. The number of benzene rings is 2. The third-order valence-corrected chi connectivity index (χ3v) is 8.84. The molecule has 43 heavy (non-hydrogen) atoms. The molecule has 5 rings (SSSR count). The first kappa shape index (κ1) is 30.3. The van der Waals surface area contributed by atoms with Crippen molar-refractivity contribution in [2.24, 2.45) is 0 Å². The van der Waals surface area contributed by atoms with Crippen LogP contribution >= 0.6 is 0 Å². The second kappa shape index (κ2) is 14.4. The number of sulfonamides is 1. The lowest BCUT2D eigenvalue weighted by Gasteiger charge is -2.24. The predicted octanol–water partition coefficient (Wildman–Crippen LogP) is 4.84. The number of amides is 1. The van der Waals surface area contributed by atoms with Crippen LogP contribution in [0.4, 0.5) is 0 Å². The first-order valence-electron chi connectivity index (χ1n) is 14.5. The van der Waals surface area contributed by atoms with E-state index in [1.807, 2.05) is 30.3 Å². The predicted molar refractivity (Wildman–Crippen MR) is 164 cm³/mol. The Labute approximate surface area is 252 Å². The van der Waals surface area contributed by atoms with Gasteiger partial charge in [0.1, 0.15) is 10.6 Å². The van der Waals surface area contributed by atoms with E-state index in [0.717, 1.165) is 60.8 Å². The fourth-order valence-electron chi connectivity index (χ4n) is 5.12. The summed E-state index contributed by atoms with van der Waals surface area (Å²) in [7, 11) is -4.09. The molecule has 1 saturated carbocycles. The zero-order chi connectivity index (χ0) is 30.1. The van der Waals surface area contributed by atoms with Gasteiger partial charge in [-0.05, 0) is 85.7 Å². The fourth-order valence-corrected chi connectivity index (χ4v) is 6.05. The quantitative estimate of drug-likeness (QED) is 0.197. The van der Waals surface area contributed by atoms with E-state index in [0.29, 0.717) is 18.8 Å². The molecule has 2 aromatic heterocycles. The van der Waals surface area contributed by atoms with Gasteiger partial charge in [-0.3, -0.25) is 14.8 Å². The molecule has 2 heterocycles. The lowest BCUT2D eigenvalue weighted by atomic mass is 9.97. The highest BCUT2D eigenvalue weighted by Crippen LogP contribution is 2.31. The Bertz CT molecular complexity index is 1590. The highest BCUT2D eigenvalue weighted by atomic mass is 32.2. The molecule has 0 unspecified atom stereocenters. The van der Waals surface area contributed by atoms with E-state index >= 15 is 0 Å². The maximum atomic E-state index is 13.2. The van der Waals surface area contributed by atoms with Gasteiger partial charge >= 0.3 is 0 Å². The fraction of sp³-hybridized carbons (Fsp3) is 0.303. The lowest BCUT2D eigenvalue weighted by Crippen LogP contribution is -2.31. The number of aromatic nitrogens is 2. The Balaban J connectivity index is 1.27. The van der Waals surface area contributed by atoms with Gasteiger partial charge in [-0.1, -0.05) is 42.8 Å². The second-order valence-electron chi connectivity index (χ2n) is 10.7. The minimum Gasteiger partial charge on any atom is -0.490 e. The van der Waals surface area contributed by atoms with Crippen LogP contribution in [-0.4, -0.2) is 48.6 Å². The van der Waals surface area contributed by atoms with E-state index in [-0.39, 0.29) is 16.6 Å². The van der Waals surface area contributed by atoms with Crippen LogP contribution in [-0.2, 0) is 16.4 Å². The number of aliphatic hydroxyl groups excluding tert-OH is 1. The Kier molecular flexibility index (Phi) is 10.1. The van der Waals surface area contributed by atoms with E-state index in [2.05, 4.69) is 32.1 Å². The van der Waals surface area contributed by atoms with E-state index in [1.165, 1.54) is 24.5 Å². The highest BCUT2D eigenvalue weighted by molar-refractivity contribution is 7.90.